The fourth-order valence-corrected chi connectivity index (χ4v) is 6.52. The molecule has 1 amide bonds. The largest absolute Gasteiger partial charge is 0.350 e. The van der Waals surface area contributed by atoms with Crippen molar-refractivity contribution < 1.29 is 22.7 Å². The van der Waals surface area contributed by atoms with Crippen LogP contribution in [0.2, 0.25) is 5.02 Å². The number of rotatable bonds is 4. The van der Waals surface area contributed by atoms with E-state index in [1.165, 1.54) is 16.4 Å². The van der Waals surface area contributed by atoms with Crippen LogP contribution in [0.15, 0.2) is 23.1 Å². The van der Waals surface area contributed by atoms with Crippen molar-refractivity contribution in [3.05, 3.63) is 28.8 Å². The topological polar surface area (TPSA) is 76.2 Å². The number of sulfonamides is 1. The third-order valence-corrected chi connectivity index (χ3v) is 8.52. The maximum Gasteiger partial charge on any atom is 0.253 e. The first-order valence-corrected chi connectivity index (χ1v) is 12.6. The number of benzene rings is 1. The predicted molar refractivity (Wildman–Crippen MR) is 113 cm³/mol. The number of carbonyl (C=O) groups excluding carboxylic acids is 1. The minimum Gasteiger partial charge on any atom is -0.350 e. The molecule has 1 atom stereocenters. The molecule has 1 aromatic carbocycles. The highest BCUT2D eigenvalue weighted by Gasteiger charge is 2.34. The van der Waals surface area contributed by atoms with Gasteiger partial charge >= 0.3 is 0 Å². The second-order valence-corrected chi connectivity index (χ2v) is 10.5. The molecule has 0 bridgehead atoms. The van der Waals surface area contributed by atoms with Crippen molar-refractivity contribution in [3.8, 4) is 0 Å². The fourth-order valence-electron chi connectivity index (χ4n) is 4.50. The molecule has 3 heterocycles. The zero-order valence-electron chi connectivity index (χ0n) is 17.1. The molecule has 7 nitrogen and oxygen atoms in total. The lowest BCUT2D eigenvalue weighted by Gasteiger charge is -2.34. The molecule has 166 valence electrons. The molecule has 0 N–H and O–H groups in total. The van der Waals surface area contributed by atoms with Gasteiger partial charge in [-0.2, -0.15) is 4.31 Å². The maximum atomic E-state index is 13.2. The Hall–Kier alpha value is -1.19. The molecule has 0 spiro atoms. The Morgan fingerprint density at radius 1 is 1.00 bits per heavy atom. The van der Waals surface area contributed by atoms with Crippen LogP contribution in [0.1, 0.15) is 48.9 Å². The van der Waals surface area contributed by atoms with Gasteiger partial charge in [-0.3, -0.25) is 4.79 Å². The summed E-state index contributed by atoms with van der Waals surface area (Å²) in [5.74, 6) is -0.0421. The van der Waals surface area contributed by atoms with Crippen LogP contribution in [-0.4, -0.2) is 69.2 Å². The molecule has 3 aliphatic heterocycles. The molecule has 0 saturated carbocycles. The Kier molecular flexibility index (Phi) is 6.99. The van der Waals surface area contributed by atoms with Gasteiger partial charge in [0.2, 0.25) is 10.0 Å². The van der Waals surface area contributed by atoms with Crippen molar-refractivity contribution >= 4 is 27.5 Å². The predicted octanol–water partition coefficient (Wildman–Crippen LogP) is 3.13. The lowest BCUT2D eigenvalue weighted by Crippen LogP contribution is -2.43. The van der Waals surface area contributed by atoms with Crippen molar-refractivity contribution in [2.75, 3.05) is 39.4 Å². The number of ether oxygens (including phenoxy) is 2. The minimum atomic E-state index is -3.74. The average molecular weight is 457 g/mol. The Morgan fingerprint density at radius 3 is 2.40 bits per heavy atom. The average Bonchev–Trinajstić information content (AvgIpc) is 3.15. The van der Waals surface area contributed by atoms with Gasteiger partial charge in [0.25, 0.3) is 5.91 Å². The molecular weight excluding hydrogens is 428 g/mol. The SMILES string of the molecule is O=C(c1ccc(Cl)c(S(=O)(=O)N2CCCCCC2)c1)N1CCCC(C2OCCO2)C1. The maximum absolute atomic E-state index is 13.2. The van der Waals surface area contributed by atoms with E-state index in [0.717, 1.165) is 38.5 Å². The summed E-state index contributed by atoms with van der Waals surface area (Å²) in [6, 6.07) is 4.57. The Balaban J connectivity index is 1.54. The number of hydrogen-bond acceptors (Lipinski definition) is 5. The molecule has 3 aliphatic rings. The monoisotopic (exact) mass is 456 g/mol. The molecule has 3 saturated heterocycles. The fraction of sp³-hybridized carbons (Fsp3) is 0.667. The molecule has 1 unspecified atom stereocenters. The van der Waals surface area contributed by atoms with Crippen LogP contribution in [0.5, 0.6) is 0 Å². The van der Waals surface area contributed by atoms with Gasteiger partial charge in [0.05, 0.1) is 18.2 Å². The second-order valence-electron chi connectivity index (χ2n) is 8.23. The Labute approximate surface area is 183 Å². The van der Waals surface area contributed by atoms with Crippen LogP contribution in [0, 0.1) is 5.92 Å². The molecule has 0 aromatic heterocycles. The van der Waals surface area contributed by atoms with Gasteiger partial charge in [-0.1, -0.05) is 24.4 Å². The van der Waals surface area contributed by atoms with E-state index in [2.05, 4.69) is 0 Å². The van der Waals surface area contributed by atoms with Gasteiger partial charge in [0.1, 0.15) is 4.90 Å². The van der Waals surface area contributed by atoms with E-state index in [4.69, 9.17) is 21.1 Å². The highest BCUT2D eigenvalue weighted by atomic mass is 35.5. The number of nitrogens with zero attached hydrogens (tertiary/aromatic N) is 2. The Bertz CT molecular complexity index is 864. The summed E-state index contributed by atoms with van der Waals surface area (Å²) in [4.78, 5) is 15.0. The van der Waals surface area contributed by atoms with Crippen LogP contribution in [0.3, 0.4) is 0 Å². The van der Waals surface area contributed by atoms with Gasteiger partial charge in [0, 0.05) is 37.7 Å². The molecule has 4 rings (SSSR count). The number of hydrogen-bond donors (Lipinski definition) is 0. The van der Waals surface area contributed by atoms with Crippen LogP contribution >= 0.6 is 11.6 Å². The molecular formula is C21H29ClN2O5S. The van der Waals surface area contributed by atoms with Crippen molar-refractivity contribution in [1.29, 1.82) is 0 Å². The third-order valence-electron chi connectivity index (χ3n) is 6.14. The molecule has 0 radical (unpaired) electrons. The van der Waals surface area contributed by atoms with E-state index in [1.54, 1.807) is 11.0 Å². The Morgan fingerprint density at radius 2 is 1.70 bits per heavy atom. The summed E-state index contributed by atoms with van der Waals surface area (Å²) < 4.78 is 39.2. The number of halogens is 1. The molecule has 30 heavy (non-hydrogen) atoms. The van der Waals surface area contributed by atoms with Crippen molar-refractivity contribution in [2.45, 2.75) is 49.7 Å². The molecule has 1 aromatic rings. The normalized spacial score (nSPS) is 24.7. The summed E-state index contributed by atoms with van der Waals surface area (Å²) in [6.45, 7) is 3.34. The molecule has 3 fully saturated rings. The van der Waals surface area contributed by atoms with Crippen LogP contribution in [-0.2, 0) is 19.5 Å². The lowest BCUT2D eigenvalue weighted by molar-refractivity contribution is -0.0969. The van der Waals surface area contributed by atoms with Crippen molar-refractivity contribution in [2.24, 2.45) is 5.92 Å². The van der Waals surface area contributed by atoms with Gasteiger partial charge in [-0.25, -0.2) is 8.42 Å². The van der Waals surface area contributed by atoms with E-state index >= 15 is 0 Å². The zero-order chi connectivity index (χ0) is 21.1. The highest BCUT2D eigenvalue weighted by molar-refractivity contribution is 7.89. The van der Waals surface area contributed by atoms with Gasteiger partial charge < -0.3 is 14.4 Å². The summed E-state index contributed by atoms with van der Waals surface area (Å²) in [5.41, 5.74) is 0.349. The van der Waals surface area contributed by atoms with E-state index < -0.39 is 10.0 Å². The van der Waals surface area contributed by atoms with Gasteiger partial charge in [0.15, 0.2) is 6.29 Å². The van der Waals surface area contributed by atoms with E-state index in [0.29, 0.717) is 45.0 Å². The number of carbonyl (C=O) groups is 1. The molecule has 9 heteroatoms. The first kappa shape index (κ1) is 22.0. The number of amides is 1. The summed E-state index contributed by atoms with van der Waals surface area (Å²) in [5, 5.41) is 0.153. The van der Waals surface area contributed by atoms with Crippen LogP contribution < -0.4 is 0 Å². The number of likely N-dealkylation sites (tertiary alicyclic amines) is 1. The van der Waals surface area contributed by atoms with Gasteiger partial charge in [-0.15, -0.1) is 0 Å². The second kappa shape index (κ2) is 9.53. The number of piperidine rings is 1. The van der Waals surface area contributed by atoms with Crippen molar-refractivity contribution in [1.82, 2.24) is 9.21 Å². The highest BCUT2D eigenvalue weighted by Crippen LogP contribution is 2.30. The first-order chi connectivity index (χ1) is 14.5. The third kappa shape index (κ3) is 4.67. The first-order valence-electron chi connectivity index (χ1n) is 10.8. The van der Waals surface area contributed by atoms with E-state index in [9.17, 15) is 13.2 Å². The zero-order valence-corrected chi connectivity index (χ0v) is 18.7. The van der Waals surface area contributed by atoms with Crippen LogP contribution in [0.4, 0.5) is 0 Å². The minimum absolute atomic E-state index is 0.0212. The standard InChI is InChI=1S/C21H29ClN2O5S/c22-18-8-7-16(14-19(18)30(26,27)24-10-3-1-2-4-11-24)20(25)23-9-5-6-17(15-23)21-28-12-13-29-21/h7-8,14,17,21H,1-6,9-13,15H2. The van der Waals surface area contributed by atoms with Crippen molar-refractivity contribution in [3.63, 3.8) is 0 Å². The summed E-state index contributed by atoms with van der Waals surface area (Å²) in [7, 11) is -3.74. The van der Waals surface area contributed by atoms with Crippen LogP contribution in [0.25, 0.3) is 0 Å². The smallest absolute Gasteiger partial charge is 0.253 e. The molecule has 0 aliphatic carbocycles. The van der Waals surface area contributed by atoms with E-state index in [-0.39, 0.29) is 28.0 Å². The summed E-state index contributed by atoms with van der Waals surface area (Å²) in [6.07, 6.45) is 5.30. The summed E-state index contributed by atoms with van der Waals surface area (Å²) >= 11 is 6.28. The van der Waals surface area contributed by atoms with Gasteiger partial charge in [-0.05, 0) is 43.9 Å². The quantitative estimate of drug-likeness (QED) is 0.695. The van der Waals surface area contributed by atoms with E-state index in [1.807, 2.05) is 0 Å². The lowest BCUT2D eigenvalue weighted by atomic mass is 9.96.